The van der Waals surface area contributed by atoms with E-state index in [0.717, 1.165) is 17.3 Å². The number of nitrogens with zero attached hydrogens (tertiary/aromatic N) is 5. The topological polar surface area (TPSA) is 87.4 Å². The third-order valence-electron chi connectivity index (χ3n) is 4.45. The van der Waals surface area contributed by atoms with Gasteiger partial charge in [0.1, 0.15) is 12.1 Å². The van der Waals surface area contributed by atoms with Crippen molar-refractivity contribution in [3.8, 4) is 0 Å². The molecule has 1 N–H and O–H groups in total. The Morgan fingerprint density at radius 1 is 1.04 bits per heavy atom. The third-order valence-corrected chi connectivity index (χ3v) is 4.45. The van der Waals surface area contributed by atoms with Gasteiger partial charge in [0.05, 0.1) is 11.8 Å². The Hall–Kier alpha value is -3.42. The van der Waals surface area contributed by atoms with E-state index in [1.165, 1.54) is 12.5 Å². The number of carbonyl (C=O) groups is 1. The van der Waals surface area contributed by atoms with Crippen molar-refractivity contribution < 1.29 is 9.21 Å². The zero-order valence-electron chi connectivity index (χ0n) is 15.0. The van der Waals surface area contributed by atoms with Crippen molar-refractivity contribution in [2.75, 3.05) is 36.4 Å². The van der Waals surface area contributed by atoms with Gasteiger partial charge in [0.15, 0.2) is 11.6 Å². The molecule has 0 unspecified atom stereocenters. The second-order valence-corrected chi connectivity index (χ2v) is 6.36. The molecule has 1 saturated heterocycles. The van der Waals surface area contributed by atoms with E-state index in [1.807, 2.05) is 42.2 Å². The fraction of sp³-hybridized carbons (Fsp3) is 0.263. The van der Waals surface area contributed by atoms with Crippen LogP contribution in [0.5, 0.6) is 0 Å². The predicted molar refractivity (Wildman–Crippen MR) is 101 cm³/mol. The molecule has 3 aromatic rings. The number of hydrogen-bond acceptors (Lipinski definition) is 7. The van der Waals surface area contributed by atoms with Gasteiger partial charge >= 0.3 is 0 Å². The molecule has 0 atom stereocenters. The number of pyridine rings is 1. The van der Waals surface area contributed by atoms with Crippen LogP contribution in [0.3, 0.4) is 0 Å². The molecule has 4 rings (SSSR count). The number of piperazine rings is 1. The highest BCUT2D eigenvalue weighted by Crippen LogP contribution is 2.17. The molecule has 0 saturated carbocycles. The van der Waals surface area contributed by atoms with Gasteiger partial charge < -0.3 is 19.5 Å². The number of nitrogens with one attached hydrogen (secondary N) is 1. The van der Waals surface area contributed by atoms with Gasteiger partial charge in [-0.15, -0.1) is 10.2 Å². The first kappa shape index (κ1) is 17.0. The molecule has 1 amide bonds. The Morgan fingerprint density at radius 3 is 2.56 bits per heavy atom. The highest BCUT2D eigenvalue weighted by Gasteiger charge is 2.23. The van der Waals surface area contributed by atoms with E-state index < -0.39 is 0 Å². The van der Waals surface area contributed by atoms with Gasteiger partial charge in [-0.05, 0) is 37.3 Å². The van der Waals surface area contributed by atoms with Crippen LogP contribution in [-0.4, -0.2) is 52.2 Å². The summed E-state index contributed by atoms with van der Waals surface area (Å²) < 4.78 is 4.99. The van der Waals surface area contributed by atoms with Crippen LogP contribution in [-0.2, 0) is 0 Å². The maximum Gasteiger partial charge on any atom is 0.257 e. The number of furan rings is 1. The summed E-state index contributed by atoms with van der Waals surface area (Å²) in [5, 5.41) is 11.7. The smallest absolute Gasteiger partial charge is 0.257 e. The molecule has 0 aliphatic carbocycles. The van der Waals surface area contributed by atoms with E-state index in [-0.39, 0.29) is 5.91 Å². The van der Waals surface area contributed by atoms with Crippen LogP contribution < -0.4 is 10.2 Å². The summed E-state index contributed by atoms with van der Waals surface area (Å²) in [5.74, 6) is 2.18. The van der Waals surface area contributed by atoms with E-state index in [1.54, 1.807) is 6.07 Å². The molecule has 27 heavy (non-hydrogen) atoms. The van der Waals surface area contributed by atoms with Crippen LogP contribution in [0.2, 0.25) is 0 Å². The van der Waals surface area contributed by atoms with Crippen LogP contribution in [0.15, 0.2) is 53.3 Å². The summed E-state index contributed by atoms with van der Waals surface area (Å²) >= 11 is 0. The van der Waals surface area contributed by atoms with E-state index in [4.69, 9.17) is 4.42 Å². The lowest BCUT2D eigenvalue weighted by Crippen LogP contribution is -2.49. The number of amides is 1. The third kappa shape index (κ3) is 3.89. The van der Waals surface area contributed by atoms with E-state index in [0.29, 0.717) is 37.6 Å². The molecule has 1 fully saturated rings. The summed E-state index contributed by atoms with van der Waals surface area (Å²) in [6, 6.07) is 11.3. The lowest BCUT2D eigenvalue weighted by molar-refractivity contribution is 0.0746. The van der Waals surface area contributed by atoms with E-state index >= 15 is 0 Å². The summed E-state index contributed by atoms with van der Waals surface area (Å²) in [6.07, 6.45) is 3.00. The van der Waals surface area contributed by atoms with Gasteiger partial charge in [0.25, 0.3) is 5.91 Å². The van der Waals surface area contributed by atoms with Crippen molar-refractivity contribution in [2.24, 2.45) is 0 Å². The van der Waals surface area contributed by atoms with Crippen molar-refractivity contribution in [2.45, 2.75) is 6.92 Å². The molecular formula is C19H20N6O2. The molecule has 1 aliphatic heterocycles. The fourth-order valence-corrected chi connectivity index (χ4v) is 3.01. The molecule has 3 aromatic heterocycles. The largest absolute Gasteiger partial charge is 0.472 e. The summed E-state index contributed by atoms with van der Waals surface area (Å²) in [6.45, 7) is 4.64. The van der Waals surface area contributed by atoms with Crippen molar-refractivity contribution in [1.29, 1.82) is 0 Å². The minimum atomic E-state index is -0.000290. The van der Waals surface area contributed by atoms with Gasteiger partial charge in [-0.2, -0.15) is 0 Å². The highest BCUT2D eigenvalue weighted by atomic mass is 16.3. The van der Waals surface area contributed by atoms with Crippen LogP contribution in [0, 0.1) is 6.92 Å². The molecule has 0 bridgehead atoms. The Kier molecular flexibility index (Phi) is 4.69. The standard InChI is InChI=1S/C19H20N6O2/c1-14-3-2-4-16(20-14)21-17-5-6-18(23-22-17)24-8-10-25(11-9-24)19(26)15-7-12-27-13-15/h2-7,12-13H,8-11H2,1H3,(H,20,21,22). The summed E-state index contributed by atoms with van der Waals surface area (Å²) in [5.41, 5.74) is 1.52. The molecule has 4 heterocycles. The maximum atomic E-state index is 12.4. The molecule has 0 spiro atoms. The quantitative estimate of drug-likeness (QED) is 0.761. The average Bonchev–Trinajstić information content (AvgIpc) is 3.23. The molecular weight excluding hydrogens is 344 g/mol. The van der Waals surface area contributed by atoms with Gasteiger partial charge in [0.2, 0.25) is 0 Å². The number of carbonyl (C=O) groups excluding carboxylic acids is 1. The van der Waals surface area contributed by atoms with Crippen molar-refractivity contribution in [1.82, 2.24) is 20.1 Å². The van der Waals surface area contributed by atoms with E-state index in [9.17, 15) is 4.79 Å². The summed E-state index contributed by atoms with van der Waals surface area (Å²) in [7, 11) is 0. The minimum absolute atomic E-state index is 0.000290. The number of aryl methyl sites for hydroxylation is 1. The molecule has 8 nitrogen and oxygen atoms in total. The molecule has 138 valence electrons. The number of rotatable bonds is 4. The zero-order chi connectivity index (χ0) is 18.6. The van der Waals surface area contributed by atoms with Gasteiger partial charge in [0, 0.05) is 31.9 Å². The molecule has 0 aromatic carbocycles. The second-order valence-electron chi connectivity index (χ2n) is 6.36. The first-order chi connectivity index (χ1) is 13.2. The number of aromatic nitrogens is 3. The van der Waals surface area contributed by atoms with Gasteiger partial charge in [-0.1, -0.05) is 6.07 Å². The van der Waals surface area contributed by atoms with Crippen LogP contribution in [0.4, 0.5) is 17.5 Å². The van der Waals surface area contributed by atoms with E-state index in [2.05, 4.69) is 25.4 Å². The normalized spacial score (nSPS) is 14.3. The average molecular weight is 364 g/mol. The second kappa shape index (κ2) is 7.45. The predicted octanol–water partition coefficient (Wildman–Crippen LogP) is 2.48. The van der Waals surface area contributed by atoms with Crippen LogP contribution in [0.25, 0.3) is 0 Å². The molecule has 1 aliphatic rings. The lowest BCUT2D eigenvalue weighted by Gasteiger charge is -2.35. The molecule has 8 heteroatoms. The van der Waals surface area contributed by atoms with Crippen molar-refractivity contribution in [3.05, 3.63) is 60.2 Å². The Morgan fingerprint density at radius 2 is 1.89 bits per heavy atom. The summed E-state index contributed by atoms with van der Waals surface area (Å²) in [4.78, 5) is 20.7. The van der Waals surface area contributed by atoms with Gasteiger partial charge in [-0.25, -0.2) is 4.98 Å². The van der Waals surface area contributed by atoms with Crippen LogP contribution >= 0.6 is 0 Å². The Labute approximate surface area is 156 Å². The Bertz CT molecular complexity index is 902. The molecule has 0 radical (unpaired) electrons. The first-order valence-corrected chi connectivity index (χ1v) is 8.80. The van der Waals surface area contributed by atoms with Crippen molar-refractivity contribution in [3.63, 3.8) is 0 Å². The SMILES string of the molecule is Cc1cccc(Nc2ccc(N3CCN(C(=O)c4ccoc4)CC3)nn2)n1. The monoisotopic (exact) mass is 364 g/mol. The maximum absolute atomic E-state index is 12.4. The lowest BCUT2D eigenvalue weighted by atomic mass is 10.2. The fourth-order valence-electron chi connectivity index (χ4n) is 3.01. The number of anilines is 3. The number of hydrogen-bond donors (Lipinski definition) is 1. The van der Waals surface area contributed by atoms with Gasteiger partial charge in [-0.3, -0.25) is 4.79 Å². The highest BCUT2D eigenvalue weighted by molar-refractivity contribution is 5.94. The van der Waals surface area contributed by atoms with Crippen molar-refractivity contribution >= 4 is 23.4 Å². The Balaban J connectivity index is 1.35. The zero-order valence-corrected chi connectivity index (χ0v) is 15.0. The minimum Gasteiger partial charge on any atom is -0.472 e. The first-order valence-electron chi connectivity index (χ1n) is 8.80. The van der Waals surface area contributed by atoms with Crippen LogP contribution in [0.1, 0.15) is 16.1 Å².